The molecule has 2 saturated heterocycles. The zero-order chi connectivity index (χ0) is 19.6. The molecule has 2 aliphatic heterocycles. The van der Waals surface area contributed by atoms with Crippen LogP contribution in [0.15, 0.2) is 47.6 Å². The summed E-state index contributed by atoms with van der Waals surface area (Å²) in [5.74, 6) is 0.00818. The van der Waals surface area contributed by atoms with Crippen LogP contribution >= 0.6 is 0 Å². The Morgan fingerprint density at radius 1 is 1.04 bits per heavy atom. The minimum absolute atomic E-state index is 0.114. The topological polar surface area (TPSA) is 84.7 Å². The predicted molar refractivity (Wildman–Crippen MR) is 102 cm³/mol. The van der Waals surface area contributed by atoms with Gasteiger partial charge in [-0.15, -0.1) is 0 Å². The van der Waals surface area contributed by atoms with Crippen LogP contribution in [0.4, 0.5) is 0 Å². The number of aromatic nitrogens is 2. The number of ether oxygens (including phenoxy) is 1. The van der Waals surface area contributed by atoms with Crippen molar-refractivity contribution >= 4 is 15.9 Å². The lowest BCUT2D eigenvalue weighted by Crippen LogP contribution is -2.47. The highest BCUT2D eigenvalue weighted by atomic mass is 32.2. The number of amides is 1. The van der Waals surface area contributed by atoms with Gasteiger partial charge in [0.15, 0.2) is 0 Å². The molecular formula is C19H24N4O4S. The van der Waals surface area contributed by atoms with Crippen molar-refractivity contribution in [2.75, 3.05) is 39.4 Å². The van der Waals surface area contributed by atoms with Gasteiger partial charge in [-0.1, -0.05) is 18.2 Å². The molecule has 3 heterocycles. The standard InChI is InChI=1S/C19H24N4O4S/c24-19(21-10-12-27-13-11-21)16-6-8-22(9-7-16)28(25,26)18-14-20-23(15-18)17-4-2-1-3-5-17/h1-5,14-16H,6-13H2. The zero-order valence-electron chi connectivity index (χ0n) is 15.6. The van der Waals surface area contributed by atoms with Crippen LogP contribution < -0.4 is 0 Å². The van der Waals surface area contributed by atoms with Crippen molar-refractivity contribution in [3.05, 3.63) is 42.7 Å². The van der Waals surface area contributed by atoms with Crippen molar-refractivity contribution < 1.29 is 17.9 Å². The third-order valence-corrected chi connectivity index (χ3v) is 7.19. The van der Waals surface area contributed by atoms with Crippen LogP contribution in [0.25, 0.3) is 5.69 Å². The van der Waals surface area contributed by atoms with Crippen molar-refractivity contribution in [2.24, 2.45) is 5.92 Å². The first-order chi connectivity index (χ1) is 13.6. The van der Waals surface area contributed by atoms with E-state index in [2.05, 4.69) is 5.10 Å². The number of hydrogen-bond donors (Lipinski definition) is 0. The number of sulfonamides is 1. The lowest BCUT2D eigenvalue weighted by atomic mass is 9.96. The average molecular weight is 404 g/mol. The molecule has 2 aromatic rings. The van der Waals surface area contributed by atoms with Crippen molar-refractivity contribution in [1.82, 2.24) is 19.0 Å². The Morgan fingerprint density at radius 3 is 2.39 bits per heavy atom. The van der Waals surface area contributed by atoms with Gasteiger partial charge in [0.25, 0.3) is 0 Å². The maximum Gasteiger partial charge on any atom is 0.246 e. The lowest BCUT2D eigenvalue weighted by molar-refractivity contribution is -0.140. The smallest absolute Gasteiger partial charge is 0.246 e. The summed E-state index contributed by atoms with van der Waals surface area (Å²) in [5.41, 5.74) is 0.804. The number of piperidine rings is 1. The number of hydrogen-bond acceptors (Lipinski definition) is 5. The molecule has 1 aromatic carbocycles. The molecule has 0 N–H and O–H groups in total. The van der Waals surface area contributed by atoms with E-state index in [0.29, 0.717) is 52.2 Å². The van der Waals surface area contributed by atoms with Crippen molar-refractivity contribution in [2.45, 2.75) is 17.7 Å². The van der Waals surface area contributed by atoms with E-state index in [-0.39, 0.29) is 16.7 Å². The van der Waals surface area contributed by atoms with Gasteiger partial charge in [-0.3, -0.25) is 4.79 Å². The number of nitrogens with zero attached hydrogens (tertiary/aromatic N) is 4. The van der Waals surface area contributed by atoms with E-state index in [0.717, 1.165) is 5.69 Å². The van der Waals surface area contributed by atoms with E-state index in [1.54, 1.807) is 4.68 Å². The molecule has 0 bridgehead atoms. The second-order valence-corrected chi connectivity index (χ2v) is 9.01. The van der Waals surface area contributed by atoms with E-state index in [1.807, 2.05) is 35.2 Å². The molecule has 0 aliphatic carbocycles. The highest BCUT2D eigenvalue weighted by Gasteiger charge is 2.34. The Kier molecular flexibility index (Phi) is 5.47. The second-order valence-electron chi connectivity index (χ2n) is 7.07. The molecule has 0 unspecified atom stereocenters. The Labute approximate surface area is 164 Å². The minimum Gasteiger partial charge on any atom is -0.378 e. The number of carbonyl (C=O) groups is 1. The largest absolute Gasteiger partial charge is 0.378 e. The number of rotatable bonds is 4. The van der Waals surface area contributed by atoms with Gasteiger partial charge in [0.1, 0.15) is 4.90 Å². The van der Waals surface area contributed by atoms with Gasteiger partial charge < -0.3 is 9.64 Å². The maximum absolute atomic E-state index is 13.0. The summed E-state index contributed by atoms with van der Waals surface area (Å²) in [6, 6.07) is 9.38. The SMILES string of the molecule is O=C(C1CCN(S(=O)(=O)c2cnn(-c3ccccc3)c2)CC1)N1CCOCC1. The van der Waals surface area contributed by atoms with Crippen LogP contribution in [0.3, 0.4) is 0 Å². The summed E-state index contributed by atoms with van der Waals surface area (Å²) in [6.07, 6.45) is 4.01. The van der Waals surface area contributed by atoms with Crippen molar-refractivity contribution in [3.8, 4) is 5.69 Å². The Balaban J connectivity index is 1.41. The van der Waals surface area contributed by atoms with Crippen LogP contribution in [-0.4, -0.2) is 72.7 Å². The molecule has 1 amide bonds. The second kappa shape index (κ2) is 8.02. The predicted octanol–water partition coefficient (Wildman–Crippen LogP) is 1.13. The van der Waals surface area contributed by atoms with E-state index in [9.17, 15) is 13.2 Å². The third kappa shape index (κ3) is 3.82. The number of carbonyl (C=O) groups excluding carboxylic acids is 1. The van der Waals surface area contributed by atoms with Gasteiger partial charge in [0.05, 0.1) is 31.3 Å². The van der Waals surface area contributed by atoms with Gasteiger partial charge in [-0.05, 0) is 25.0 Å². The molecule has 28 heavy (non-hydrogen) atoms. The summed E-state index contributed by atoms with van der Waals surface area (Å²) < 4.78 is 34.3. The molecule has 2 fully saturated rings. The minimum atomic E-state index is -3.62. The van der Waals surface area contributed by atoms with Gasteiger partial charge in [0, 0.05) is 32.1 Å². The monoisotopic (exact) mass is 404 g/mol. The van der Waals surface area contributed by atoms with Gasteiger partial charge in [0.2, 0.25) is 15.9 Å². The van der Waals surface area contributed by atoms with E-state index in [4.69, 9.17) is 4.74 Å². The van der Waals surface area contributed by atoms with Gasteiger partial charge in [-0.2, -0.15) is 9.40 Å². The van der Waals surface area contributed by atoms with Crippen molar-refractivity contribution in [1.29, 1.82) is 0 Å². The Morgan fingerprint density at radius 2 is 1.71 bits per heavy atom. The third-order valence-electron chi connectivity index (χ3n) is 5.34. The summed E-state index contributed by atoms with van der Waals surface area (Å²) in [6.45, 7) is 3.08. The van der Waals surface area contributed by atoms with E-state index < -0.39 is 10.0 Å². The van der Waals surface area contributed by atoms with Crippen LogP contribution in [0.1, 0.15) is 12.8 Å². The molecule has 1 aromatic heterocycles. The number of para-hydroxylation sites is 1. The molecule has 8 nitrogen and oxygen atoms in total. The van der Waals surface area contributed by atoms with Crippen LogP contribution in [0.5, 0.6) is 0 Å². The molecule has 150 valence electrons. The Hall–Kier alpha value is -2.23. The lowest BCUT2D eigenvalue weighted by Gasteiger charge is -2.34. The average Bonchev–Trinajstić information content (AvgIpc) is 3.26. The molecular weight excluding hydrogens is 380 g/mol. The first-order valence-corrected chi connectivity index (χ1v) is 11.0. The fraction of sp³-hybridized carbons (Fsp3) is 0.474. The highest BCUT2D eigenvalue weighted by molar-refractivity contribution is 7.89. The summed E-state index contributed by atoms with van der Waals surface area (Å²) in [7, 11) is -3.62. The fourth-order valence-corrected chi connectivity index (χ4v) is 5.10. The molecule has 0 atom stereocenters. The normalized spacial score (nSPS) is 19.6. The highest BCUT2D eigenvalue weighted by Crippen LogP contribution is 2.25. The molecule has 0 radical (unpaired) electrons. The van der Waals surface area contributed by atoms with Crippen LogP contribution in [-0.2, 0) is 19.6 Å². The summed E-state index contributed by atoms with van der Waals surface area (Å²) >= 11 is 0. The van der Waals surface area contributed by atoms with Crippen molar-refractivity contribution in [3.63, 3.8) is 0 Å². The zero-order valence-corrected chi connectivity index (χ0v) is 16.4. The van der Waals surface area contributed by atoms with Crippen LogP contribution in [0.2, 0.25) is 0 Å². The maximum atomic E-state index is 13.0. The van der Waals surface area contributed by atoms with Gasteiger partial charge >= 0.3 is 0 Å². The summed E-state index contributed by atoms with van der Waals surface area (Å²) in [5, 5.41) is 4.19. The number of benzene rings is 1. The van der Waals surface area contributed by atoms with Gasteiger partial charge in [-0.25, -0.2) is 13.1 Å². The fourth-order valence-electron chi connectivity index (χ4n) is 3.70. The first kappa shape index (κ1) is 19.1. The molecule has 0 spiro atoms. The van der Waals surface area contributed by atoms with E-state index in [1.165, 1.54) is 16.7 Å². The number of morpholine rings is 1. The quantitative estimate of drug-likeness (QED) is 0.763. The molecule has 2 aliphatic rings. The summed E-state index contributed by atoms with van der Waals surface area (Å²) in [4.78, 5) is 14.6. The van der Waals surface area contributed by atoms with Crippen LogP contribution in [0, 0.1) is 5.92 Å². The Bertz CT molecular complexity index is 914. The first-order valence-electron chi connectivity index (χ1n) is 9.52. The molecule has 0 saturated carbocycles. The molecule has 9 heteroatoms. The molecule has 4 rings (SSSR count). The van der Waals surface area contributed by atoms with E-state index >= 15 is 0 Å².